The van der Waals surface area contributed by atoms with Crippen molar-refractivity contribution >= 4 is 35.3 Å². The zero-order valence-corrected chi connectivity index (χ0v) is 24.3. The molecule has 4 saturated heterocycles. The second kappa shape index (κ2) is 11.1. The van der Waals surface area contributed by atoms with E-state index in [9.17, 15) is 24.3 Å². The number of carbonyl (C=O) groups excluding carboxylic acids is 3. The van der Waals surface area contributed by atoms with E-state index in [1.54, 1.807) is 0 Å². The summed E-state index contributed by atoms with van der Waals surface area (Å²) in [7, 11) is 0. The van der Waals surface area contributed by atoms with E-state index in [0.29, 0.717) is 17.9 Å². The number of aliphatic carboxylic acids is 1. The normalized spacial score (nSPS) is 31.5. The Morgan fingerprint density at radius 1 is 1.24 bits per heavy atom. The van der Waals surface area contributed by atoms with Gasteiger partial charge in [0.1, 0.15) is 18.6 Å². The molecule has 41 heavy (non-hydrogen) atoms. The molecule has 6 atom stereocenters. The first-order valence-corrected chi connectivity index (χ1v) is 15.5. The molecule has 0 radical (unpaired) electrons. The summed E-state index contributed by atoms with van der Waals surface area (Å²) >= 11 is 1.49. The standard InChI is InChI=1S/C27H38N8O5S/c1-15(10-17(36)13-34-14-30-31-32-34)20-21-16(2)23(22(26(39)40)35(21)25(20)38)41-18-11-19(28-12-18)24(37)33-8-5-27(6-9-33)4-3-7-29-27/h14-16,18-21,28-29H,3-13H2,1-2H3,(H,39,40)/t15-,16+,18?,19?,20+,21+/m0/s1. The van der Waals surface area contributed by atoms with Gasteiger partial charge in [0.05, 0.1) is 18.0 Å². The number of Topliss-reactive ketones (excluding diaryl/α,β-unsaturated/α-hetero) is 1. The molecular weight excluding hydrogens is 548 g/mol. The van der Waals surface area contributed by atoms with Gasteiger partial charge in [-0.3, -0.25) is 14.4 Å². The number of carboxylic acids is 1. The van der Waals surface area contributed by atoms with Gasteiger partial charge in [-0.1, -0.05) is 13.8 Å². The molecule has 1 spiro atoms. The minimum Gasteiger partial charge on any atom is -0.477 e. The molecule has 2 amide bonds. The number of amides is 2. The van der Waals surface area contributed by atoms with Crippen molar-refractivity contribution in [2.75, 3.05) is 26.2 Å². The van der Waals surface area contributed by atoms with Crippen molar-refractivity contribution in [1.29, 1.82) is 0 Å². The lowest BCUT2D eigenvalue weighted by molar-refractivity contribution is -0.160. The fraction of sp³-hybridized carbons (Fsp3) is 0.741. The van der Waals surface area contributed by atoms with Crippen LogP contribution in [0.2, 0.25) is 0 Å². The number of hydrogen-bond acceptors (Lipinski definition) is 10. The molecule has 5 aliphatic heterocycles. The second-order valence-corrected chi connectivity index (χ2v) is 13.7. The lowest BCUT2D eigenvalue weighted by Crippen LogP contribution is -2.62. The van der Waals surface area contributed by atoms with E-state index in [2.05, 4.69) is 26.2 Å². The first kappa shape index (κ1) is 28.3. The van der Waals surface area contributed by atoms with Gasteiger partial charge in [0, 0.05) is 47.7 Å². The van der Waals surface area contributed by atoms with Crippen LogP contribution in [0.3, 0.4) is 0 Å². The van der Waals surface area contributed by atoms with Gasteiger partial charge >= 0.3 is 5.97 Å². The lowest BCUT2D eigenvalue weighted by atomic mass is 9.73. The molecule has 4 fully saturated rings. The third-order valence-corrected chi connectivity index (χ3v) is 11.2. The molecule has 0 saturated carbocycles. The Morgan fingerprint density at radius 2 is 2.02 bits per heavy atom. The van der Waals surface area contributed by atoms with E-state index in [0.717, 1.165) is 32.5 Å². The Bertz CT molecular complexity index is 1240. The molecule has 1 aromatic rings. The molecule has 6 heterocycles. The second-order valence-electron chi connectivity index (χ2n) is 12.3. The predicted molar refractivity (Wildman–Crippen MR) is 148 cm³/mol. The maximum Gasteiger partial charge on any atom is 0.353 e. The number of thioether (sulfide) groups is 1. The van der Waals surface area contributed by atoms with Crippen molar-refractivity contribution in [3.63, 3.8) is 0 Å². The zero-order chi connectivity index (χ0) is 28.9. The topological polar surface area (TPSA) is 163 Å². The number of nitrogens with one attached hydrogen (secondary N) is 2. The molecule has 3 N–H and O–H groups in total. The van der Waals surface area contributed by atoms with Crippen LogP contribution >= 0.6 is 11.8 Å². The van der Waals surface area contributed by atoms with E-state index in [1.165, 1.54) is 40.5 Å². The van der Waals surface area contributed by atoms with Gasteiger partial charge in [0.2, 0.25) is 11.8 Å². The zero-order valence-electron chi connectivity index (χ0n) is 23.5. The molecule has 0 bridgehead atoms. The number of β-lactam (4-membered cyclic amide) rings is 1. The molecule has 0 aliphatic carbocycles. The van der Waals surface area contributed by atoms with E-state index in [4.69, 9.17) is 0 Å². The van der Waals surface area contributed by atoms with Gasteiger partial charge in [-0.15, -0.1) is 16.9 Å². The van der Waals surface area contributed by atoms with Crippen LogP contribution in [0.15, 0.2) is 16.9 Å². The third kappa shape index (κ3) is 5.18. The Labute approximate surface area is 242 Å². The summed E-state index contributed by atoms with van der Waals surface area (Å²) in [5, 5.41) is 28.0. The highest BCUT2D eigenvalue weighted by molar-refractivity contribution is 8.03. The summed E-state index contributed by atoms with van der Waals surface area (Å²) in [5.41, 5.74) is 0.265. The monoisotopic (exact) mass is 586 g/mol. The van der Waals surface area contributed by atoms with Crippen LogP contribution in [-0.2, 0) is 25.7 Å². The highest BCUT2D eigenvalue weighted by Gasteiger charge is 2.60. The number of carbonyl (C=O) groups is 4. The van der Waals surface area contributed by atoms with E-state index < -0.39 is 11.9 Å². The highest BCUT2D eigenvalue weighted by Crippen LogP contribution is 2.53. The average molecular weight is 587 g/mol. The van der Waals surface area contributed by atoms with Gasteiger partial charge in [0.25, 0.3) is 0 Å². The quantitative estimate of drug-likeness (QED) is 0.340. The van der Waals surface area contributed by atoms with Crippen LogP contribution in [0.25, 0.3) is 0 Å². The summed E-state index contributed by atoms with van der Waals surface area (Å²) in [6, 6.07) is -0.565. The van der Waals surface area contributed by atoms with E-state index in [-0.39, 0.29) is 71.0 Å². The number of hydrogen-bond donors (Lipinski definition) is 3. The maximum atomic E-state index is 13.3. The average Bonchev–Trinajstić information content (AvgIpc) is 3.74. The number of ketones is 1. The summed E-state index contributed by atoms with van der Waals surface area (Å²) in [6.45, 7) is 7.08. The summed E-state index contributed by atoms with van der Waals surface area (Å²) in [5.74, 6) is -2.15. The minimum absolute atomic E-state index is 0.0333. The number of nitrogens with zero attached hydrogens (tertiary/aromatic N) is 6. The Morgan fingerprint density at radius 3 is 2.68 bits per heavy atom. The number of tetrazole rings is 1. The van der Waals surface area contributed by atoms with Crippen molar-refractivity contribution in [3.8, 4) is 0 Å². The number of carboxylic acid groups (broad SMARTS) is 1. The van der Waals surface area contributed by atoms with Crippen LogP contribution in [0.1, 0.15) is 52.4 Å². The molecule has 0 aromatic carbocycles. The highest BCUT2D eigenvalue weighted by atomic mass is 32.2. The third-order valence-electron chi connectivity index (χ3n) is 9.73. The van der Waals surface area contributed by atoms with Crippen LogP contribution in [0, 0.1) is 17.8 Å². The smallest absolute Gasteiger partial charge is 0.353 e. The van der Waals surface area contributed by atoms with E-state index in [1.807, 2.05) is 18.7 Å². The molecular formula is C27H38N8O5S. The summed E-state index contributed by atoms with van der Waals surface area (Å²) < 4.78 is 1.35. The van der Waals surface area contributed by atoms with Gasteiger partial charge in [0.15, 0.2) is 5.78 Å². The number of aromatic nitrogens is 4. The summed E-state index contributed by atoms with van der Waals surface area (Å²) in [6.07, 6.45) is 6.54. The Kier molecular flexibility index (Phi) is 7.66. The van der Waals surface area contributed by atoms with E-state index >= 15 is 0 Å². The van der Waals surface area contributed by atoms with Crippen LogP contribution in [-0.4, -0.2) is 108 Å². The van der Waals surface area contributed by atoms with Crippen LogP contribution in [0.4, 0.5) is 0 Å². The Hall–Kier alpha value is -2.84. The van der Waals surface area contributed by atoms with Gasteiger partial charge in [-0.2, -0.15) is 0 Å². The van der Waals surface area contributed by atoms with Gasteiger partial charge in [-0.05, 0) is 55.0 Å². The molecule has 14 heteroatoms. The van der Waals surface area contributed by atoms with Crippen molar-refractivity contribution in [2.24, 2.45) is 17.8 Å². The van der Waals surface area contributed by atoms with Crippen molar-refractivity contribution in [1.82, 2.24) is 40.6 Å². The predicted octanol–water partition coefficient (Wildman–Crippen LogP) is 0.250. The number of fused-ring (bicyclic) bond motifs is 1. The maximum absolute atomic E-state index is 13.3. The van der Waals surface area contributed by atoms with Crippen LogP contribution in [0.5, 0.6) is 0 Å². The first-order valence-electron chi connectivity index (χ1n) is 14.6. The molecule has 6 rings (SSSR count). The Balaban J connectivity index is 1.07. The lowest BCUT2D eigenvalue weighted by Gasteiger charge is -2.47. The number of piperidine rings is 1. The SMILES string of the molecule is C[C@@H](CC(=O)Cn1cnnn1)[C@H]1C(=O)N2C(C(=O)O)=C(SC3CNC(C(=O)N4CCC5(CCCN5)CC4)C3)[C@H](C)[C@H]12. The fourth-order valence-corrected chi connectivity index (χ4v) is 9.06. The van der Waals surface area contributed by atoms with Crippen molar-refractivity contribution < 1.29 is 24.3 Å². The largest absolute Gasteiger partial charge is 0.477 e. The van der Waals surface area contributed by atoms with Crippen LogP contribution < -0.4 is 10.6 Å². The molecule has 1 aromatic heterocycles. The molecule has 2 unspecified atom stereocenters. The molecule has 222 valence electrons. The minimum atomic E-state index is -1.11. The van der Waals surface area contributed by atoms with Crippen molar-refractivity contribution in [3.05, 3.63) is 16.9 Å². The molecule has 13 nitrogen and oxygen atoms in total. The van der Waals surface area contributed by atoms with Crippen molar-refractivity contribution in [2.45, 2.75) is 81.8 Å². The first-order chi connectivity index (χ1) is 19.7. The number of likely N-dealkylation sites (tertiary alicyclic amines) is 1. The summed E-state index contributed by atoms with van der Waals surface area (Å²) in [4.78, 5) is 55.6. The van der Waals surface area contributed by atoms with Gasteiger partial charge in [-0.25, -0.2) is 9.48 Å². The fourth-order valence-electron chi connectivity index (χ4n) is 7.58. The number of rotatable bonds is 9. The molecule has 5 aliphatic rings. The van der Waals surface area contributed by atoms with Gasteiger partial charge < -0.3 is 25.5 Å².